The van der Waals surface area contributed by atoms with Crippen LogP contribution in [0.4, 0.5) is 0 Å². The van der Waals surface area contributed by atoms with E-state index in [1.807, 2.05) is 0 Å². The number of esters is 3. The first kappa shape index (κ1) is 51.9. The summed E-state index contributed by atoms with van der Waals surface area (Å²) in [5.74, 6) is -0.893. The highest BCUT2D eigenvalue weighted by Crippen LogP contribution is 2.14. The fourth-order valence-electron chi connectivity index (χ4n) is 6.61. The molecule has 0 spiro atoms. The fraction of sp³-hybridized carbons (Fsp3) is 0.854. The van der Waals surface area contributed by atoms with Crippen LogP contribution in [0.15, 0.2) is 24.3 Å². The van der Waals surface area contributed by atoms with Gasteiger partial charge in [-0.25, -0.2) is 0 Å². The molecule has 0 saturated heterocycles. The van der Waals surface area contributed by atoms with Crippen molar-refractivity contribution < 1.29 is 28.6 Å². The lowest BCUT2D eigenvalue weighted by molar-refractivity contribution is -0.167. The summed E-state index contributed by atoms with van der Waals surface area (Å²) >= 11 is 0. The quantitative estimate of drug-likeness (QED) is 0.0267. The van der Waals surface area contributed by atoms with Crippen LogP contribution in [0.2, 0.25) is 0 Å². The predicted octanol–water partition coefficient (Wildman–Crippen LogP) is 14.8. The van der Waals surface area contributed by atoms with Crippen molar-refractivity contribution in [3.63, 3.8) is 0 Å². The summed E-state index contributed by atoms with van der Waals surface area (Å²) in [5.41, 5.74) is 0. The zero-order valence-electron chi connectivity index (χ0n) is 36.0. The molecule has 0 radical (unpaired) electrons. The third kappa shape index (κ3) is 41.1. The van der Waals surface area contributed by atoms with Crippen LogP contribution in [0.5, 0.6) is 0 Å². The molecule has 1 unspecified atom stereocenters. The number of hydrogen-bond acceptors (Lipinski definition) is 6. The van der Waals surface area contributed by atoms with Crippen molar-refractivity contribution in [3.8, 4) is 0 Å². The number of ether oxygens (including phenoxy) is 3. The van der Waals surface area contributed by atoms with E-state index in [2.05, 4.69) is 45.1 Å². The zero-order chi connectivity index (χ0) is 39.4. The van der Waals surface area contributed by atoms with Crippen molar-refractivity contribution in [2.45, 2.75) is 252 Å². The minimum atomic E-state index is -0.771. The highest BCUT2D eigenvalue weighted by atomic mass is 16.6. The van der Waals surface area contributed by atoms with Crippen molar-refractivity contribution >= 4 is 17.9 Å². The van der Waals surface area contributed by atoms with Gasteiger partial charge in [-0.2, -0.15) is 0 Å². The Morgan fingerprint density at radius 2 is 0.611 bits per heavy atom. The van der Waals surface area contributed by atoms with Crippen molar-refractivity contribution in [1.29, 1.82) is 0 Å². The summed E-state index contributed by atoms with van der Waals surface area (Å²) < 4.78 is 16.7. The Morgan fingerprint density at radius 3 is 0.963 bits per heavy atom. The van der Waals surface area contributed by atoms with Gasteiger partial charge in [0.05, 0.1) is 0 Å². The van der Waals surface area contributed by atoms with Gasteiger partial charge in [-0.1, -0.05) is 180 Å². The Morgan fingerprint density at radius 1 is 0.352 bits per heavy atom. The van der Waals surface area contributed by atoms with Crippen LogP contribution < -0.4 is 0 Å². The van der Waals surface area contributed by atoms with Gasteiger partial charge in [0, 0.05) is 19.3 Å². The molecule has 6 heteroatoms. The van der Waals surface area contributed by atoms with Gasteiger partial charge in [-0.15, -0.1) is 0 Å². The molecule has 0 aromatic rings. The van der Waals surface area contributed by atoms with Crippen molar-refractivity contribution in [3.05, 3.63) is 24.3 Å². The SMILES string of the molecule is CCCCC/C=C\CCCCCCCC(=O)OC(COC(=O)CCCCCCC/C=C\CCCCCCCCC)COC(=O)CCCCCCCCCC. The normalized spacial score (nSPS) is 12.1. The van der Waals surface area contributed by atoms with E-state index in [4.69, 9.17) is 14.2 Å². The molecule has 0 aromatic carbocycles. The average Bonchev–Trinajstić information content (AvgIpc) is 3.17. The van der Waals surface area contributed by atoms with Crippen LogP contribution in [0.1, 0.15) is 245 Å². The van der Waals surface area contributed by atoms with Crippen LogP contribution in [-0.2, 0) is 28.6 Å². The number of unbranched alkanes of at least 4 members (excludes halogenated alkanes) is 27. The topological polar surface area (TPSA) is 78.9 Å². The Kier molecular flexibility index (Phi) is 41.9. The molecule has 0 rings (SSSR count). The second-order valence-corrected chi connectivity index (χ2v) is 15.7. The molecule has 54 heavy (non-hydrogen) atoms. The van der Waals surface area contributed by atoms with E-state index >= 15 is 0 Å². The molecule has 0 heterocycles. The molecule has 0 fully saturated rings. The van der Waals surface area contributed by atoms with E-state index in [0.29, 0.717) is 19.3 Å². The third-order valence-corrected chi connectivity index (χ3v) is 10.2. The standard InChI is InChI=1S/C48H88O6/c1-4-7-10-13-16-19-21-23-24-25-26-28-29-32-35-38-41-47(50)53-44-45(43-52-46(49)40-37-34-31-18-15-12-9-6-3)54-48(51)42-39-36-33-30-27-22-20-17-14-11-8-5-2/h17,20,24-25,45H,4-16,18-19,21-23,26-44H2,1-3H3/b20-17-,25-24-. The fourth-order valence-corrected chi connectivity index (χ4v) is 6.61. The molecule has 0 aliphatic heterocycles. The Balaban J connectivity index is 4.31. The maximum Gasteiger partial charge on any atom is 0.306 e. The molecule has 1 atom stereocenters. The van der Waals surface area contributed by atoms with E-state index < -0.39 is 6.10 Å². The number of carbonyl (C=O) groups excluding carboxylic acids is 3. The van der Waals surface area contributed by atoms with Crippen LogP contribution in [-0.4, -0.2) is 37.2 Å². The van der Waals surface area contributed by atoms with Crippen molar-refractivity contribution in [1.82, 2.24) is 0 Å². The van der Waals surface area contributed by atoms with Gasteiger partial charge in [0.2, 0.25) is 0 Å². The maximum atomic E-state index is 12.7. The van der Waals surface area contributed by atoms with Gasteiger partial charge < -0.3 is 14.2 Å². The summed E-state index contributed by atoms with van der Waals surface area (Å²) in [7, 11) is 0. The van der Waals surface area contributed by atoms with E-state index in [1.165, 1.54) is 135 Å². The smallest absolute Gasteiger partial charge is 0.306 e. The molecule has 0 aliphatic rings. The van der Waals surface area contributed by atoms with E-state index in [9.17, 15) is 14.4 Å². The summed E-state index contributed by atoms with van der Waals surface area (Å²) in [6.45, 7) is 6.57. The number of hydrogen-bond donors (Lipinski definition) is 0. The highest BCUT2D eigenvalue weighted by molar-refractivity contribution is 5.71. The Labute approximate surface area is 334 Å². The van der Waals surface area contributed by atoms with Gasteiger partial charge in [0.15, 0.2) is 6.10 Å². The molecule has 0 bridgehead atoms. The lowest BCUT2D eigenvalue weighted by Crippen LogP contribution is -2.30. The molecule has 0 saturated carbocycles. The Bertz CT molecular complexity index is 880. The van der Waals surface area contributed by atoms with Gasteiger partial charge in [0.1, 0.15) is 13.2 Å². The maximum absolute atomic E-state index is 12.7. The molecule has 0 N–H and O–H groups in total. The first-order valence-corrected chi connectivity index (χ1v) is 23.3. The second kappa shape index (κ2) is 43.6. The van der Waals surface area contributed by atoms with Crippen LogP contribution in [0.25, 0.3) is 0 Å². The predicted molar refractivity (Wildman–Crippen MR) is 229 cm³/mol. The monoisotopic (exact) mass is 761 g/mol. The minimum absolute atomic E-state index is 0.0751. The number of carbonyl (C=O) groups is 3. The van der Waals surface area contributed by atoms with Crippen molar-refractivity contribution in [2.24, 2.45) is 0 Å². The number of rotatable bonds is 42. The molecule has 0 aromatic heterocycles. The van der Waals surface area contributed by atoms with Gasteiger partial charge >= 0.3 is 17.9 Å². The van der Waals surface area contributed by atoms with Gasteiger partial charge in [-0.05, 0) is 70.6 Å². The second-order valence-electron chi connectivity index (χ2n) is 15.7. The molecule has 316 valence electrons. The lowest BCUT2D eigenvalue weighted by Gasteiger charge is -2.18. The lowest BCUT2D eigenvalue weighted by atomic mass is 10.1. The van der Waals surface area contributed by atoms with E-state index in [-0.39, 0.29) is 31.1 Å². The first-order valence-electron chi connectivity index (χ1n) is 23.3. The number of allylic oxidation sites excluding steroid dienone is 4. The molecular formula is C48H88O6. The Hall–Kier alpha value is -2.11. The van der Waals surface area contributed by atoms with Crippen LogP contribution in [0.3, 0.4) is 0 Å². The van der Waals surface area contributed by atoms with E-state index in [0.717, 1.165) is 70.6 Å². The van der Waals surface area contributed by atoms with Gasteiger partial charge in [0.25, 0.3) is 0 Å². The van der Waals surface area contributed by atoms with E-state index in [1.54, 1.807) is 0 Å². The van der Waals surface area contributed by atoms with Crippen LogP contribution >= 0.6 is 0 Å². The highest BCUT2D eigenvalue weighted by Gasteiger charge is 2.19. The first-order chi connectivity index (χ1) is 26.5. The summed E-state index contributed by atoms with van der Waals surface area (Å²) in [6.07, 6.45) is 47.3. The zero-order valence-corrected chi connectivity index (χ0v) is 36.0. The molecule has 0 amide bonds. The van der Waals surface area contributed by atoms with Gasteiger partial charge in [-0.3, -0.25) is 14.4 Å². The summed E-state index contributed by atoms with van der Waals surface area (Å²) in [6, 6.07) is 0. The summed E-state index contributed by atoms with van der Waals surface area (Å²) in [5, 5.41) is 0. The molecular weight excluding hydrogens is 673 g/mol. The largest absolute Gasteiger partial charge is 0.462 e. The molecule has 6 nitrogen and oxygen atoms in total. The van der Waals surface area contributed by atoms with Crippen molar-refractivity contribution in [2.75, 3.05) is 13.2 Å². The minimum Gasteiger partial charge on any atom is -0.462 e. The summed E-state index contributed by atoms with van der Waals surface area (Å²) in [4.78, 5) is 37.6. The third-order valence-electron chi connectivity index (χ3n) is 10.2. The molecule has 0 aliphatic carbocycles. The average molecular weight is 761 g/mol. The van der Waals surface area contributed by atoms with Crippen LogP contribution in [0, 0.1) is 0 Å².